The third-order valence-corrected chi connectivity index (χ3v) is 4.58. The fraction of sp³-hybridized carbons (Fsp3) is 0.389. The third kappa shape index (κ3) is 3.23. The van der Waals surface area contributed by atoms with Crippen LogP contribution in [0.15, 0.2) is 42.9 Å². The number of hydrogen-bond acceptors (Lipinski definition) is 5. The van der Waals surface area contributed by atoms with Gasteiger partial charge >= 0.3 is 0 Å². The molecule has 0 bridgehead atoms. The fourth-order valence-electron chi connectivity index (χ4n) is 3.33. The zero-order chi connectivity index (χ0) is 16.4. The Kier molecular flexibility index (Phi) is 4.13. The van der Waals surface area contributed by atoms with Gasteiger partial charge in [0.2, 0.25) is 0 Å². The molecule has 0 aromatic carbocycles. The van der Waals surface area contributed by atoms with Crippen LogP contribution in [-0.4, -0.2) is 43.6 Å². The predicted molar refractivity (Wildman–Crippen MR) is 93.9 cm³/mol. The number of fused-ring (bicyclic) bond motifs is 1. The minimum atomic E-state index is 0.480. The molecule has 1 aliphatic rings. The van der Waals surface area contributed by atoms with Gasteiger partial charge in [-0.25, -0.2) is 4.98 Å². The first kappa shape index (κ1) is 15.1. The summed E-state index contributed by atoms with van der Waals surface area (Å²) >= 11 is 0. The van der Waals surface area contributed by atoms with Crippen LogP contribution >= 0.6 is 0 Å². The monoisotopic (exact) mass is 322 g/mol. The topological polar surface area (TPSA) is 58.4 Å². The van der Waals surface area contributed by atoms with Gasteiger partial charge < -0.3 is 5.32 Å². The molecule has 0 atom stereocenters. The lowest BCUT2D eigenvalue weighted by atomic mass is 10.0. The standard InChI is InChI=1S/C18H22N6/c1-14-12-18(24-17(21-14)4-9-20-24)22-16-5-10-23(11-6-16)13-15-2-7-19-8-3-15/h2-4,7-9,12,16,22H,5-6,10-11,13H2,1H3. The van der Waals surface area contributed by atoms with Crippen LogP contribution in [0.25, 0.3) is 5.65 Å². The van der Waals surface area contributed by atoms with Crippen molar-refractivity contribution in [2.45, 2.75) is 32.4 Å². The lowest BCUT2D eigenvalue weighted by molar-refractivity contribution is 0.211. The highest BCUT2D eigenvalue weighted by Crippen LogP contribution is 2.19. The Morgan fingerprint density at radius 1 is 1.12 bits per heavy atom. The van der Waals surface area contributed by atoms with E-state index in [0.717, 1.165) is 49.6 Å². The highest BCUT2D eigenvalue weighted by Gasteiger charge is 2.20. The second kappa shape index (κ2) is 6.57. The van der Waals surface area contributed by atoms with Crippen molar-refractivity contribution in [3.63, 3.8) is 0 Å². The number of aromatic nitrogens is 4. The summed E-state index contributed by atoms with van der Waals surface area (Å²) in [5, 5.41) is 8.03. The molecule has 0 spiro atoms. The molecule has 3 aromatic heterocycles. The Morgan fingerprint density at radius 3 is 2.71 bits per heavy atom. The molecule has 124 valence electrons. The van der Waals surface area contributed by atoms with E-state index >= 15 is 0 Å². The van der Waals surface area contributed by atoms with E-state index in [0.29, 0.717) is 6.04 Å². The molecule has 1 saturated heterocycles. The Morgan fingerprint density at radius 2 is 1.92 bits per heavy atom. The maximum absolute atomic E-state index is 4.50. The summed E-state index contributed by atoms with van der Waals surface area (Å²) < 4.78 is 1.89. The molecule has 0 unspecified atom stereocenters. The zero-order valence-corrected chi connectivity index (χ0v) is 13.9. The first-order chi connectivity index (χ1) is 11.8. The van der Waals surface area contributed by atoms with Crippen molar-refractivity contribution >= 4 is 11.5 Å². The van der Waals surface area contributed by atoms with Gasteiger partial charge in [-0.15, -0.1) is 0 Å². The number of rotatable bonds is 4. The smallest absolute Gasteiger partial charge is 0.157 e. The van der Waals surface area contributed by atoms with Crippen molar-refractivity contribution in [1.29, 1.82) is 0 Å². The van der Waals surface area contributed by atoms with Crippen LogP contribution in [0.4, 0.5) is 5.82 Å². The predicted octanol–water partition coefficient (Wildman–Crippen LogP) is 2.51. The van der Waals surface area contributed by atoms with Gasteiger partial charge in [0.15, 0.2) is 5.65 Å². The molecule has 4 rings (SSSR count). The lowest BCUT2D eigenvalue weighted by Gasteiger charge is -2.32. The third-order valence-electron chi connectivity index (χ3n) is 4.58. The van der Waals surface area contributed by atoms with E-state index in [1.54, 1.807) is 6.20 Å². The zero-order valence-electron chi connectivity index (χ0n) is 13.9. The lowest BCUT2D eigenvalue weighted by Crippen LogP contribution is -2.39. The highest BCUT2D eigenvalue weighted by molar-refractivity contribution is 5.49. The first-order valence-corrected chi connectivity index (χ1v) is 8.47. The number of piperidine rings is 1. The van der Waals surface area contributed by atoms with Crippen molar-refractivity contribution in [2.24, 2.45) is 0 Å². The van der Waals surface area contributed by atoms with Gasteiger partial charge in [-0.2, -0.15) is 9.61 Å². The number of nitrogens with one attached hydrogen (secondary N) is 1. The number of anilines is 1. The van der Waals surface area contributed by atoms with Gasteiger partial charge in [-0.1, -0.05) is 0 Å². The van der Waals surface area contributed by atoms with Crippen LogP contribution in [0.1, 0.15) is 24.1 Å². The second-order valence-electron chi connectivity index (χ2n) is 6.43. The van der Waals surface area contributed by atoms with Crippen LogP contribution in [0.3, 0.4) is 0 Å². The van der Waals surface area contributed by atoms with E-state index in [1.807, 2.05) is 29.9 Å². The van der Waals surface area contributed by atoms with Crippen molar-refractivity contribution in [3.05, 3.63) is 54.1 Å². The molecule has 0 amide bonds. The van der Waals surface area contributed by atoms with Crippen LogP contribution in [0, 0.1) is 6.92 Å². The van der Waals surface area contributed by atoms with Crippen molar-refractivity contribution in [1.82, 2.24) is 24.5 Å². The molecular weight excluding hydrogens is 300 g/mol. The Bertz CT molecular complexity index is 805. The molecule has 0 saturated carbocycles. The normalized spacial score (nSPS) is 16.5. The minimum absolute atomic E-state index is 0.480. The van der Waals surface area contributed by atoms with Crippen LogP contribution in [-0.2, 0) is 6.54 Å². The Labute approximate surface area is 141 Å². The van der Waals surface area contributed by atoms with Gasteiger partial charge in [0.1, 0.15) is 5.82 Å². The summed E-state index contributed by atoms with van der Waals surface area (Å²) in [5.74, 6) is 1.04. The van der Waals surface area contributed by atoms with Gasteiger partial charge in [-0.05, 0) is 37.5 Å². The van der Waals surface area contributed by atoms with Gasteiger partial charge in [0.25, 0.3) is 0 Å². The molecule has 1 aliphatic heterocycles. The highest BCUT2D eigenvalue weighted by atomic mass is 15.3. The number of pyridine rings is 1. The number of nitrogens with zero attached hydrogens (tertiary/aromatic N) is 5. The molecule has 3 aromatic rings. The van der Waals surface area contributed by atoms with Gasteiger partial charge in [0, 0.05) is 55.9 Å². The quantitative estimate of drug-likeness (QED) is 0.800. The minimum Gasteiger partial charge on any atom is -0.367 e. The molecule has 24 heavy (non-hydrogen) atoms. The number of hydrogen-bond donors (Lipinski definition) is 1. The SMILES string of the molecule is Cc1cc(NC2CCN(Cc3ccncc3)CC2)n2nccc2n1. The average molecular weight is 322 g/mol. The van der Waals surface area contributed by atoms with E-state index in [2.05, 4.69) is 43.5 Å². The number of aryl methyl sites for hydroxylation is 1. The molecule has 0 aliphatic carbocycles. The molecular formula is C18H22N6. The summed E-state index contributed by atoms with van der Waals surface area (Å²) in [7, 11) is 0. The Balaban J connectivity index is 1.38. The molecule has 0 radical (unpaired) electrons. The van der Waals surface area contributed by atoms with Crippen LogP contribution in [0.5, 0.6) is 0 Å². The molecule has 1 fully saturated rings. The van der Waals surface area contributed by atoms with Crippen molar-refractivity contribution in [3.8, 4) is 0 Å². The van der Waals surface area contributed by atoms with Gasteiger partial charge in [0.05, 0.1) is 6.20 Å². The van der Waals surface area contributed by atoms with Gasteiger partial charge in [-0.3, -0.25) is 9.88 Å². The average Bonchev–Trinajstić information content (AvgIpc) is 3.06. The summed E-state index contributed by atoms with van der Waals surface area (Å²) in [6, 6.07) is 8.68. The summed E-state index contributed by atoms with van der Waals surface area (Å²) in [4.78, 5) is 11.1. The van der Waals surface area contributed by atoms with E-state index in [9.17, 15) is 0 Å². The summed E-state index contributed by atoms with van der Waals surface area (Å²) in [6.45, 7) is 5.24. The largest absolute Gasteiger partial charge is 0.367 e. The van der Waals surface area contributed by atoms with E-state index in [1.165, 1.54) is 5.56 Å². The van der Waals surface area contributed by atoms with Crippen LogP contribution < -0.4 is 5.32 Å². The summed E-state index contributed by atoms with van der Waals surface area (Å²) in [5.41, 5.74) is 3.24. The molecule has 6 heteroatoms. The maximum Gasteiger partial charge on any atom is 0.157 e. The fourth-order valence-corrected chi connectivity index (χ4v) is 3.33. The summed E-state index contributed by atoms with van der Waals surface area (Å²) in [6.07, 6.45) is 7.80. The van der Waals surface area contributed by atoms with E-state index in [4.69, 9.17) is 0 Å². The molecule has 6 nitrogen and oxygen atoms in total. The van der Waals surface area contributed by atoms with E-state index in [-0.39, 0.29) is 0 Å². The second-order valence-corrected chi connectivity index (χ2v) is 6.43. The van der Waals surface area contributed by atoms with Crippen molar-refractivity contribution < 1.29 is 0 Å². The van der Waals surface area contributed by atoms with Crippen molar-refractivity contribution in [2.75, 3.05) is 18.4 Å². The maximum atomic E-state index is 4.50. The number of likely N-dealkylation sites (tertiary alicyclic amines) is 1. The first-order valence-electron chi connectivity index (χ1n) is 8.47. The van der Waals surface area contributed by atoms with E-state index < -0.39 is 0 Å². The Hall–Kier alpha value is -2.47. The molecule has 4 heterocycles. The molecule has 1 N–H and O–H groups in total. The van der Waals surface area contributed by atoms with Crippen LogP contribution in [0.2, 0.25) is 0 Å².